The Morgan fingerprint density at radius 1 is 1.47 bits per heavy atom. The first-order valence-corrected chi connectivity index (χ1v) is 6.30. The van der Waals surface area contributed by atoms with E-state index >= 15 is 0 Å². The maximum absolute atomic E-state index is 10.2. The van der Waals surface area contributed by atoms with Gasteiger partial charge in [0, 0.05) is 12.5 Å². The summed E-state index contributed by atoms with van der Waals surface area (Å²) < 4.78 is 11.0. The molecule has 1 aromatic carbocycles. The van der Waals surface area contributed by atoms with Crippen LogP contribution in [0.3, 0.4) is 0 Å². The number of hydrogen-bond acceptors (Lipinski definition) is 3. The molecule has 1 N–H and O–H groups in total. The molecule has 0 saturated carbocycles. The highest BCUT2D eigenvalue weighted by Crippen LogP contribution is 2.35. The SMILES string of the molecule is CCCOCC(O)C1CCOc2ccccc21. The van der Waals surface area contributed by atoms with Gasteiger partial charge in [-0.25, -0.2) is 0 Å². The second-order valence-corrected chi connectivity index (χ2v) is 4.42. The maximum Gasteiger partial charge on any atom is 0.122 e. The van der Waals surface area contributed by atoms with Crippen LogP contribution in [0.5, 0.6) is 5.75 Å². The lowest BCUT2D eigenvalue weighted by Crippen LogP contribution is -2.28. The average molecular weight is 236 g/mol. The van der Waals surface area contributed by atoms with Crippen molar-refractivity contribution in [2.24, 2.45) is 0 Å². The molecular formula is C14H20O3. The molecule has 0 fully saturated rings. The van der Waals surface area contributed by atoms with Gasteiger partial charge in [0.25, 0.3) is 0 Å². The van der Waals surface area contributed by atoms with Gasteiger partial charge in [-0.2, -0.15) is 0 Å². The lowest BCUT2D eigenvalue weighted by Gasteiger charge is -2.29. The summed E-state index contributed by atoms with van der Waals surface area (Å²) in [5.41, 5.74) is 1.10. The van der Waals surface area contributed by atoms with E-state index in [2.05, 4.69) is 6.92 Å². The molecule has 3 heteroatoms. The number of rotatable bonds is 5. The predicted octanol–water partition coefficient (Wildman–Crippen LogP) is 2.34. The standard InChI is InChI=1S/C14H20O3/c1-2-8-16-10-13(15)11-7-9-17-14-6-4-3-5-12(11)14/h3-6,11,13,15H,2,7-10H2,1H3. The highest BCUT2D eigenvalue weighted by Gasteiger charge is 2.27. The van der Waals surface area contributed by atoms with Crippen LogP contribution in [-0.4, -0.2) is 31.0 Å². The van der Waals surface area contributed by atoms with Gasteiger partial charge in [-0.05, 0) is 24.5 Å². The number of aliphatic hydroxyl groups excluding tert-OH is 1. The van der Waals surface area contributed by atoms with E-state index < -0.39 is 6.10 Å². The van der Waals surface area contributed by atoms with Crippen LogP contribution in [0.1, 0.15) is 31.2 Å². The third-order valence-electron chi connectivity index (χ3n) is 3.11. The Hall–Kier alpha value is -1.06. The van der Waals surface area contributed by atoms with Gasteiger partial charge < -0.3 is 14.6 Å². The molecule has 94 valence electrons. The molecule has 1 aliphatic rings. The highest BCUT2D eigenvalue weighted by molar-refractivity contribution is 5.38. The summed E-state index contributed by atoms with van der Waals surface area (Å²) in [5.74, 6) is 1.04. The van der Waals surface area contributed by atoms with E-state index in [1.807, 2.05) is 24.3 Å². The second kappa shape index (κ2) is 6.03. The monoisotopic (exact) mass is 236 g/mol. The molecular weight excluding hydrogens is 216 g/mol. The zero-order valence-electron chi connectivity index (χ0n) is 10.3. The van der Waals surface area contributed by atoms with Crippen LogP contribution in [0.15, 0.2) is 24.3 Å². The molecule has 0 saturated heterocycles. The second-order valence-electron chi connectivity index (χ2n) is 4.42. The van der Waals surface area contributed by atoms with Gasteiger partial charge in [-0.15, -0.1) is 0 Å². The average Bonchev–Trinajstić information content (AvgIpc) is 2.38. The zero-order chi connectivity index (χ0) is 12.1. The molecule has 0 aromatic heterocycles. The summed E-state index contributed by atoms with van der Waals surface area (Å²) in [4.78, 5) is 0. The van der Waals surface area contributed by atoms with Gasteiger partial charge in [0.1, 0.15) is 5.75 Å². The van der Waals surface area contributed by atoms with Crippen molar-refractivity contribution in [3.05, 3.63) is 29.8 Å². The quantitative estimate of drug-likeness (QED) is 0.797. The fraction of sp³-hybridized carbons (Fsp3) is 0.571. The number of benzene rings is 1. The number of hydrogen-bond donors (Lipinski definition) is 1. The van der Waals surface area contributed by atoms with Crippen molar-refractivity contribution in [3.8, 4) is 5.75 Å². The van der Waals surface area contributed by atoms with Crippen molar-refractivity contribution >= 4 is 0 Å². The van der Waals surface area contributed by atoms with Crippen molar-refractivity contribution in [1.82, 2.24) is 0 Å². The van der Waals surface area contributed by atoms with E-state index in [4.69, 9.17) is 9.47 Å². The maximum atomic E-state index is 10.2. The van der Waals surface area contributed by atoms with Gasteiger partial charge in [0.15, 0.2) is 0 Å². The fourth-order valence-electron chi connectivity index (χ4n) is 2.23. The summed E-state index contributed by atoms with van der Waals surface area (Å²) in [6.45, 7) is 3.86. The van der Waals surface area contributed by atoms with Gasteiger partial charge in [0.2, 0.25) is 0 Å². The molecule has 1 aromatic rings. The summed E-state index contributed by atoms with van der Waals surface area (Å²) in [6, 6.07) is 7.94. The van der Waals surface area contributed by atoms with Crippen LogP contribution in [0.2, 0.25) is 0 Å². The molecule has 0 amide bonds. The third kappa shape index (κ3) is 2.99. The van der Waals surface area contributed by atoms with E-state index in [0.29, 0.717) is 19.8 Å². The minimum absolute atomic E-state index is 0.136. The van der Waals surface area contributed by atoms with Crippen LogP contribution in [0.4, 0.5) is 0 Å². The number of fused-ring (bicyclic) bond motifs is 1. The van der Waals surface area contributed by atoms with E-state index in [1.54, 1.807) is 0 Å². The summed E-state index contributed by atoms with van der Waals surface area (Å²) >= 11 is 0. The van der Waals surface area contributed by atoms with Gasteiger partial charge in [-0.3, -0.25) is 0 Å². The summed E-state index contributed by atoms with van der Waals surface area (Å²) in [7, 11) is 0. The smallest absolute Gasteiger partial charge is 0.122 e. The Kier molecular flexibility index (Phi) is 4.40. The fourth-order valence-corrected chi connectivity index (χ4v) is 2.23. The molecule has 3 nitrogen and oxygen atoms in total. The lowest BCUT2D eigenvalue weighted by atomic mass is 9.88. The van der Waals surface area contributed by atoms with E-state index in [1.165, 1.54) is 0 Å². The lowest BCUT2D eigenvalue weighted by molar-refractivity contribution is 0.0150. The van der Waals surface area contributed by atoms with E-state index in [9.17, 15) is 5.11 Å². The van der Waals surface area contributed by atoms with Crippen LogP contribution >= 0.6 is 0 Å². The first-order valence-electron chi connectivity index (χ1n) is 6.30. The first-order chi connectivity index (χ1) is 8.33. The Morgan fingerprint density at radius 2 is 2.29 bits per heavy atom. The van der Waals surface area contributed by atoms with Crippen molar-refractivity contribution in [1.29, 1.82) is 0 Å². The van der Waals surface area contributed by atoms with Crippen molar-refractivity contribution < 1.29 is 14.6 Å². The molecule has 2 rings (SSSR count). The molecule has 17 heavy (non-hydrogen) atoms. The molecule has 0 spiro atoms. The molecule has 2 unspecified atom stereocenters. The number of ether oxygens (including phenoxy) is 2. The molecule has 0 bridgehead atoms. The molecule has 0 radical (unpaired) electrons. The number of para-hydroxylation sites is 1. The Morgan fingerprint density at radius 3 is 3.12 bits per heavy atom. The minimum Gasteiger partial charge on any atom is -0.493 e. The summed E-state index contributed by atoms with van der Waals surface area (Å²) in [5, 5.41) is 10.2. The Bertz CT molecular complexity index is 351. The normalized spacial score (nSPS) is 20.5. The van der Waals surface area contributed by atoms with E-state index in [-0.39, 0.29) is 5.92 Å². The number of aliphatic hydroxyl groups is 1. The van der Waals surface area contributed by atoms with Crippen molar-refractivity contribution in [2.75, 3.05) is 19.8 Å². The predicted molar refractivity (Wildman–Crippen MR) is 66.4 cm³/mol. The first kappa shape index (κ1) is 12.4. The highest BCUT2D eigenvalue weighted by atomic mass is 16.5. The zero-order valence-corrected chi connectivity index (χ0v) is 10.3. The summed E-state index contributed by atoms with van der Waals surface area (Å²) in [6.07, 6.45) is 1.40. The molecule has 2 atom stereocenters. The molecule has 1 heterocycles. The van der Waals surface area contributed by atoms with Crippen LogP contribution < -0.4 is 4.74 Å². The van der Waals surface area contributed by atoms with E-state index in [0.717, 1.165) is 24.2 Å². The largest absolute Gasteiger partial charge is 0.493 e. The van der Waals surface area contributed by atoms with Crippen LogP contribution in [0, 0.1) is 0 Å². The molecule has 0 aliphatic carbocycles. The van der Waals surface area contributed by atoms with Gasteiger partial charge in [-0.1, -0.05) is 25.1 Å². The topological polar surface area (TPSA) is 38.7 Å². The van der Waals surface area contributed by atoms with Crippen molar-refractivity contribution in [3.63, 3.8) is 0 Å². The third-order valence-corrected chi connectivity index (χ3v) is 3.11. The van der Waals surface area contributed by atoms with Crippen LogP contribution in [0.25, 0.3) is 0 Å². The minimum atomic E-state index is -0.438. The van der Waals surface area contributed by atoms with Gasteiger partial charge in [0.05, 0.1) is 19.3 Å². The Labute approximate surface area is 102 Å². The Balaban J connectivity index is 2.02. The van der Waals surface area contributed by atoms with Crippen LogP contribution in [-0.2, 0) is 4.74 Å². The van der Waals surface area contributed by atoms with Gasteiger partial charge >= 0.3 is 0 Å². The van der Waals surface area contributed by atoms with Crippen molar-refractivity contribution in [2.45, 2.75) is 31.8 Å². The molecule has 1 aliphatic heterocycles.